The molecule has 1 aliphatic rings. The molecule has 1 aliphatic carbocycles. The molecule has 7 heteroatoms. The van der Waals surface area contributed by atoms with Crippen LogP contribution in [0.3, 0.4) is 0 Å². The number of nitrogens with one attached hydrogen (secondary N) is 1. The molecule has 0 radical (unpaired) electrons. The van der Waals surface area contributed by atoms with Gasteiger partial charge in [0.25, 0.3) is 5.56 Å². The number of Topliss-reactive ketones (excluding diaryl/α,β-unsaturated/α-hetero) is 1. The minimum Gasteiger partial charge on any atom is -0.859 e. The number of ketones is 1. The molecule has 110 valence electrons. The van der Waals surface area contributed by atoms with Crippen molar-refractivity contribution in [1.29, 1.82) is 0 Å². The molecule has 1 heterocycles. The molecule has 6 nitrogen and oxygen atoms in total. The Morgan fingerprint density at radius 2 is 1.81 bits per heavy atom. The van der Waals surface area contributed by atoms with E-state index in [1.165, 1.54) is 0 Å². The average molecular weight is 318 g/mol. The minimum absolute atomic E-state index is 0. The van der Waals surface area contributed by atoms with Gasteiger partial charge in [-0.2, -0.15) is 0 Å². The summed E-state index contributed by atoms with van der Waals surface area (Å²) in [6.07, 6.45) is 5.62. The normalized spacial score (nSPS) is 16.0. The maximum Gasteiger partial charge on any atom is 1.00 e. The van der Waals surface area contributed by atoms with E-state index in [1.54, 1.807) is 6.92 Å². The summed E-state index contributed by atoms with van der Waals surface area (Å²) >= 11 is 0. The molecule has 0 atom stereocenters. The molecular formula is C14H19KN2O4. The van der Waals surface area contributed by atoms with Gasteiger partial charge in [0.1, 0.15) is 0 Å². The van der Waals surface area contributed by atoms with Crippen molar-refractivity contribution in [3.8, 4) is 5.88 Å². The van der Waals surface area contributed by atoms with Crippen molar-refractivity contribution in [1.82, 2.24) is 9.55 Å². The predicted octanol–water partition coefficient (Wildman–Crippen LogP) is -1.90. The molecule has 1 aromatic heterocycles. The maximum atomic E-state index is 12.3. The van der Waals surface area contributed by atoms with Gasteiger partial charge >= 0.3 is 57.1 Å². The second-order valence-electron chi connectivity index (χ2n) is 5.23. The van der Waals surface area contributed by atoms with E-state index in [0.717, 1.165) is 43.1 Å². The van der Waals surface area contributed by atoms with Gasteiger partial charge < -0.3 is 9.67 Å². The second kappa shape index (κ2) is 8.43. The Balaban J connectivity index is 0.00000220. The first-order valence-electron chi connectivity index (χ1n) is 7.15. The minimum atomic E-state index is -0.864. The zero-order valence-corrected chi connectivity index (χ0v) is 15.7. The maximum absolute atomic E-state index is 12.3. The van der Waals surface area contributed by atoms with E-state index >= 15 is 0 Å². The number of hydrogen-bond acceptors (Lipinski definition) is 4. The van der Waals surface area contributed by atoms with Gasteiger partial charge in [-0.05, 0) is 18.7 Å². The number of hydrogen-bond donors (Lipinski definition) is 1. The molecule has 21 heavy (non-hydrogen) atoms. The van der Waals surface area contributed by atoms with Crippen molar-refractivity contribution >= 4 is 5.78 Å². The molecule has 1 saturated carbocycles. The fourth-order valence-corrected chi connectivity index (χ4v) is 2.80. The van der Waals surface area contributed by atoms with Crippen LogP contribution in [0.5, 0.6) is 5.88 Å². The van der Waals surface area contributed by atoms with Crippen molar-refractivity contribution in [2.45, 2.75) is 57.9 Å². The third kappa shape index (κ3) is 4.16. The van der Waals surface area contributed by atoms with E-state index in [0.29, 0.717) is 0 Å². The monoisotopic (exact) mass is 318 g/mol. The Morgan fingerprint density at radius 1 is 1.24 bits per heavy atom. The third-order valence-electron chi connectivity index (χ3n) is 3.89. The molecule has 0 unspecified atom stereocenters. The van der Waals surface area contributed by atoms with Crippen LogP contribution < -0.4 is 67.7 Å². The van der Waals surface area contributed by atoms with Gasteiger partial charge in [0.05, 0.1) is 5.56 Å². The first-order chi connectivity index (χ1) is 9.56. The van der Waals surface area contributed by atoms with E-state index in [9.17, 15) is 19.5 Å². The summed E-state index contributed by atoms with van der Waals surface area (Å²) in [6, 6.07) is -0.210. The van der Waals surface area contributed by atoms with Crippen LogP contribution in [0.25, 0.3) is 0 Å². The van der Waals surface area contributed by atoms with Gasteiger partial charge in [-0.25, -0.2) is 4.79 Å². The molecule has 0 aliphatic heterocycles. The van der Waals surface area contributed by atoms with Gasteiger partial charge in [-0.1, -0.05) is 32.6 Å². The van der Waals surface area contributed by atoms with Crippen LogP contribution in [0, 0.1) is 0 Å². The fourth-order valence-electron chi connectivity index (χ4n) is 2.80. The Kier molecular flexibility index (Phi) is 7.56. The number of rotatable bonds is 3. The van der Waals surface area contributed by atoms with Crippen LogP contribution in [-0.4, -0.2) is 15.3 Å². The van der Waals surface area contributed by atoms with Crippen LogP contribution in [0.2, 0.25) is 0 Å². The Morgan fingerprint density at radius 3 is 2.33 bits per heavy atom. The van der Waals surface area contributed by atoms with Crippen molar-refractivity contribution in [3.63, 3.8) is 0 Å². The zero-order chi connectivity index (χ0) is 14.7. The zero-order valence-electron chi connectivity index (χ0n) is 12.6. The standard InChI is InChI=1S/C14H20N2O4.K/c1-2-10(17)11-12(18)15-14(20)16(13(11)19)9-7-5-3-4-6-8-9;/h9,19H,2-8H2,1H3,(H,15,18,20);/q;+1/p-1. The largest absolute Gasteiger partial charge is 1.00 e. The van der Waals surface area contributed by atoms with Crippen LogP contribution in [0.1, 0.15) is 68.3 Å². The molecule has 2 rings (SSSR count). The average Bonchev–Trinajstić information content (AvgIpc) is 2.67. The number of carbonyl (C=O) groups is 1. The number of H-pyrrole nitrogens is 1. The number of carbonyl (C=O) groups excluding carboxylic acids is 1. The van der Waals surface area contributed by atoms with Gasteiger partial charge in [-0.15, -0.1) is 0 Å². The summed E-state index contributed by atoms with van der Waals surface area (Å²) in [7, 11) is 0. The van der Waals surface area contributed by atoms with Gasteiger partial charge in [0, 0.05) is 12.5 Å². The molecule has 0 bridgehead atoms. The molecule has 0 amide bonds. The summed E-state index contributed by atoms with van der Waals surface area (Å²) < 4.78 is 1.08. The topological polar surface area (TPSA) is 95.0 Å². The van der Waals surface area contributed by atoms with Crippen LogP contribution in [-0.2, 0) is 0 Å². The fraction of sp³-hybridized carbons (Fsp3) is 0.643. The molecule has 1 aromatic rings. The van der Waals surface area contributed by atoms with Crippen molar-refractivity contribution in [2.24, 2.45) is 0 Å². The summed E-state index contributed by atoms with van der Waals surface area (Å²) in [4.78, 5) is 37.5. The molecular weight excluding hydrogens is 299 g/mol. The molecule has 1 fully saturated rings. The van der Waals surface area contributed by atoms with E-state index < -0.39 is 28.5 Å². The predicted molar refractivity (Wildman–Crippen MR) is 72.1 cm³/mol. The Bertz CT molecular complexity index is 612. The van der Waals surface area contributed by atoms with Crippen molar-refractivity contribution < 1.29 is 61.3 Å². The van der Waals surface area contributed by atoms with E-state index in [2.05, 4.69) is 4.98 Å². The Hall–Kier alpha value is -0.214. The summed E-state index contributed by atoms with van der Waals surface area (Å²) in [5.41, 5.74) is -1.97. The molecule has 0 saturated heterocycles. The first-order valence-corrected chi connectivity index (χ1v) is 7.15. The number of aromatic nitrogens is 2. The molecule has 1 N–H and O–H groups in total. The summed E-state index contributed by atoms with van der Waals surface area (Å²) in [6.45, 7) is 1.59. The smallest absolute Gasteiger partial charge is 0.859 e. The quantitative estimate of drug-likeness (QED) is 0.400. The Labute approximate surface area is 165 Å². The van der Waals surface area contributed by atoms with Gasteiger partial charge in [0.2, 0.25) is 0 Å². The number of nitrogens with zero attached hydrogens (tertiary/aromatic N) is 1. The third-order valence-corrected chi connectivity index (χ3v) is 3.89. The van der Waals surface area contributed by atoms with E-state index in [4.69, 9.17) is 0 Å². The number of aromatic amines is 1. The molecule has 0 aromatic carbocycles. The van der Waals surface area contributed by atoms with Crippen molar-refractivity contribution in [3.05, 3.63) is 26.4 Å². The van der Waals surface area contributed by atoms with Crippen LogP contribution in [0.15, 0.2) is 9.59 Å². The van der Waals surface area contributed by atoms with Crippen LogP contribution in [0.4, 0.5) is 0 Å². The van der Waals surface area contributed by atoms with Crippen molar-refractivity contribution in [2.75, 3.05) is 0 Å². The van der Waals surface area contributed by atoms with E-state index in [-0.39, 0.29) is 63.8 Å². The van der Waals surface area contributed by atoms with Gasteiger partial charge in [0.15, 0.2) is 5.78 Å². The van der Waals surface area contributed by atoms with E-state index in [1.807, 2.05) is 0 Å². The summed E-state index contributed by atoms with van der Waals surface area (Å²) in [5.74, 6) is -1.24. The summed E-state index contributed by atoms with van der Waals surface area (Å²) in [5, 5.41) is 12.3. The second-order valence-corrected chi connectivity index (χ2v) is 5.23. The molecule has 0 spiro atoms. The van der Waals surface area contributed by atoms with Crippen LogP contribution >= 0.6 is 0 Å². The van der Waals surface area contributed by atoms with Gasteiger partial charge in [-0.3, -0.25) is 14.6 Å². The SMILES string of the molecule is CCC(=O)c1c([O-])n(C2CCCCCC2)c(=O)[nH]c1=O.[K+]. The first kappa shape index (κ1) is 18.8.